The lowest BCUT2D eigenvalue weighted by Crippen LogP contribution is -2.61. The quantitative estimate of drug-likeness (QED) is 0.0842. The first-order valence-electron chi connectivity index (χ1n) is 19.5. The third kappa shape index (κ3) is 13.4. The molecule has 5 rings (SSSR count). The number of anilines is 2. The monoisotopic (exact) mass is 895 g/mol. The second-order valence-corrected chi connectivity index (χ2v) is 14.7. The van der Waals surface area contributed by atoms with E-state index in [1.165, 1.54) is 12.3 Å². The summed E-state index contributed by atoms with van der Waals surface area (Å²) in [4.78, 5) is 43.5. The van der Waals surface area contributed by atoms with Crippen LogP contribution in [0.1, 0.15) is 104 Å². The number of unbranched alkanes of at least 4 members (excludes halogenated alkanes) is 2. The molecular weight excluding hydrogens is 849 g/mol. The predicted molar refractivity (Wildman–Crippen MR) is 204 cm³/mol. The first kappa shape index (κ1) is 49.4. The van der Waals surface area contributed by atoms with Gasteiger partial charge in [0.2, 0.25) is 0 Å². The van der Waals surface area contributed by atoms with Crippen molar-refractivity contribution in [1.29, 1.82) is 0 Å². The van der Waals surface area contributed by atoms with Crippen LogP contribution in [0.4, 0.5) is 55.7 Å². The lowest BCUT2D eigenvalue weighted by Gasteiger charge is -2.46. The van der Waals surface area contributed by atoms with Crippen LogP contribution in [0, 0.1) is 0 Å². The van der Waals surface area contributed by atoms with Gasteiger partial charge in [0.05, 0.1) is 53.3 Å². The number of benzene rings is 1. The molecule has 0 saturated carbocycles. The van der Waals surface area contributed by atoms with Crippen molar-refractivity contribution in [3.05, 3.63) is 81.9 Å². The van der Waals surface area contributed by atoms with Gasteiger partial charge in [0.15, 0.2) is 0 Å². The molecule has 62 heavy (non-hydrogen) atoms. The van der Waals surface area contributed by atoms with Gasteiger partial charge in [-0.2, -0.15) is 39.5 Å². The Labute approximate surface area is 349 Å². The maximum absolute atomic E-state index is 13.8. The van der Waals surface area contributed by atoms with Crippen molar-refractivity contribution in [2.75, 3.05) is 49.3 Å². The average molecular weight is 896 g/mol. The highest BCUT2D eigenvalue weighted by molar-refractivity contribution is 5.89. The minimum Gasteiger partial charge on any atom is -0.481 e. The van der Waals surface area contributed by atoms with E-state index >= 15 is 0 Å². The van der Waals surface area contributed by atoms with Crippen LogP contribution in [0.2, 0.25) is 0 Å². The van der Waals surface area contributed by atoms with Crippen molar-refractivity contribution in [1.82, 2.24) is 9.97 Å². The molecule has 2 aliphatic heterocycles. The molecule has 5 N–H and O–H groups in total. The van der Waals surface area contributed by atoms with Crippen LogP contribution in [0.15, 0.2) is 42.6 Å². The van der Waals surface area contributed by atoms with E-state index in [2.05, 4.69) is 9.97 Å². The normalized spacial score (nSPS) is 18.1. The fourth-order valence-corrected chi connectivity index (χ4v) is 7.04. The molecule has 2 atom stereocenters. The number of carbonyl (C=O) groups is 3. The Balaban J connectivity index is 0.000000481. The third-order valence-electron chi connectivity index (χ3n) is 10.2. The number of hydrogen-bond acceptors (Lipinski definition) is 9. The highest BCUT2D eigenvalue weighted by atomic mass is 19.4. The van der Waals surface area contributed by atoms with Gasteiger partial charge < -0.3 is 35.4 Å². The van der Waals surface area contributed by atoms with Crippen LogP contribution in [-0.4, -0.2) is 88.5 Å². The lowest BCUT2D eigenvalue weighted by atomic mass is 9.79. The molecule has 3 aromatic rings. The number of rotatable bonds is 15. The predicted octanol–water partition coefficient (Wildman–Crippen LogP) is 8.56. The largest absolute Gasteiger partial charge is 0.481 e. The summed E-state index contributed by atoms with van der Waals surface area (Å²) < 4.78 is 134. The molecule has 1 saturated heterocycles. The van der Waals surface area contributed by atoms with Crippen LogP contribution < -0.4 is 15.5 Å². The Hall–Kier alpha value is -5.22. The van der Waals surface area contributed by atoms with Crippen LogP contribution in [0.5, 0.6) is 0 Å². The van der Waals surface area contributed by atoms with E-state index < -0.39 is 71.4 Å². The van der Waals surface area contributed by atoms with E-state index in [9.17, 15) is 59.0 Å². The Morgan fingerprint density at radius 3 is 1.87 bits per heavy atom. The topological polar surface area (TPSA) is 189 Å². The molecule has 0 aliphatic carbocycles. The van der Waals surface area contributed by atoms with Gasteiger partial charge in [0.25, 0.3) is 0 Å². The average Bonchev–Trinajstić information content (AvgIpc) is 3.19. The Bertz CT molecular complexity index is 1970. The van der Waals surface area contributed by atoms with Gasteiger partial charge in [-0.25, -0.2) is 9.78 Å². The number of hydrogen-bond donors (Lipinski definition) is 4. The summed E-state index contributed by atoms with van der Waals surface area (Å²) in [5, 5.41) is 26.7. The number of carboxylic acid groups (broad SMARTS) is 3. The Morgan fingerprint density at radius 2 is 1.39 bits per heavy atom. The molecule has 1 fully saturated rings. The van der Waals surface area contributed by atoms with Crippen molar-refractivity contribution >= 4 is 29.4 Å². The van der Waals surface area contributed by atoms with E-state index in [1.807, 2.05) is 4.90 Å². The number of fused-ring (bicyclic) bond motifs is 1. The third-order valence-corrected chi connectivity index (χ3v) is 10.2. The molecule has 2 aliphatic rings. The number of amides is 1. The molecule has 0 radical (unpaired) electrons. The van der Waals surface area contributed by atoms with Gasteiger partial charge in [-0.15, -0.1) is 0 Å². The van der Waals surface area contributed by atoms with Crippen molar-refractivity contribution in [2.24, 2.45) is 5.73 Å². The summed E-state index contributed by atoms with van der Waals surface area (Å²) in [6, 6.07) is 4.16. The van der Waals surface area contributed by atoms with Gasteiger partial charge in [-0.3, -0.25) is 19.5 Å². The highest BCUT2D eigenvalue weighted by Gasteiger charge is 2.48. The zero-order valence-electron chi connectivity index (χ0n) is 33.4. The number of pyridine rings is 2. The summed E-state index contributed by atoms with van der Waals surface area (Å²) in [7, 11) is 0. The first-order valence-corrected chi connectivity index (χ1v) is 19.5. The van der Waals surface area contributed by atoms with Gasteiger partial charge in [-0.1, -0.05) is 6.92 Å². The van der Waals surface area contributed by atoms with Crippen molar-refractivity contribution in [3.8, 4) is 0 Å². The van der Waals surface area contributed by atoms with E-state index in [0.717, 1.165) is 23.8 Å². The SMILES string of the molecule is CC[C@]1(N)C[C@@H](c2ncc(N3CCOCC3)cc2Cc2cc(C(F)(F)F)cc(C(F)(F)F)c2)c2nc(C(F)(F)F)ccc2N1C(=O)O.O=C(O)CCCCOCCCCC(=O)O. The van der Waals surface area contributed by atoms with Crippen LogP contribution >= 0.6 is 0 Å². The van der Waals surface area contributed by atoms with Gasteiger partial charge in [0.1, 0.15) is 11.4 Å². The van der Waals surface area contributed by atoms with E-state index in [0.29, 0.717) is 76.2 Å². The Morgan fingerprint density at radius 1 is 0.823 bits per heavy atom. The number of aliphatic carboxylic acids is 2. The molecule has 1 aromatic carbocycles. The van der Waals surface area contributed by atoms with Crippen LogP contribution in [0.25, 0.3) is 0 Å². The molecule has 0 spiro atoms. The number of nitrogens with two attached hydrogens (primary N) is 1. The van der Waals surface area contributed by atoms with E-state index in [4.69, 9.17) is 25.4 Å². The maximum Gasteiger partial charge on any atom is 0.433 e. The van der Waals surface area contributed by atoms with Crippen LogP contribution in [-0.2, 0) is 44.0 Å². The van der Waals surface area contributed by atoms with Crippen LogP contribution in [0.3, 0.4) is 0 Å². The molecule has 2 aromatic heterocycles. The fourth-order valence-electron chi connectivity index (χ4n) is 7.04. The number of aromatic nitrogens is 2. The molecule has 1 amide bonds. The molecule has 0 unspecified atom stereocenters. The second kappa shape index (κ2) is 20.8. The Kier molecular flexibility index (Phi) is 16.6. The number of carboxylic acids is 2. The van der Waals surface area contributed by atoms with Gasteiger partial charge in [0, 0.05) is 45.1 Å². The number of morpholine rings is 1. The zero-order chi connectivity index (χ0) is 46.0. The number of nitrogens with zero attached hydrogens (tertiary/aromatic N) is 4. The highest BCUT2D eigenvalue weighted by Crippen LogP contribution is 2.47. The molecule has 4 heterocycles. The minimum atomic E-state index is -5.12. The molecule has 342 valence electrons. The zero-order valence-corrected chi connectivity index (χ0v) is 33.4. The van der Waals surface area contributed by atoms with Crippen molar-refractivity contribution in [2.45, 2.75) is 94.8 Å². The standard InChI is InChI=1S/C30H28F9N5O3.C10H18O5/c1-2-27(40)14-21(25-22(44(27)26(45)46)3-4-23(42-25)30(37,38)39)24-17(12-20(15-41-24)43-5-7-47-8-6-43)9-16-10-18(28(31,32)33)13-19(11-16)29(34,35)36;11-9(12)5-1-3-7-15-8-4-2-6-10(13)14/h3-4,10-13,15,21H,2,5-9,14,40H2,1H3,(H,45,46);1-8H2,(H,11,12)(H,13,14)/t21-,27+;/m0./s1. The van der Waals surface area contributed by atoms with Crippen molar-refractivity contribution < 1.29 is 78.7 Å². The smallest absolute Gasteiger partial charge is 0.433 e. The molecule has 0 bridgehead atoms. The summed E-state index contributed by atoms with van der Waals surface area (Å²) in [6.45, 7) is 4.11. The number of ether oxygens (including phenoxy) is 2. The second-order valence-electron chi connectivity index (χ2n) is 14.7. The molecular formula is C40H46F9N5O8. The van der Waals surface area contributed by atoms with Gasteiger partial charge >= 0.3 is 36.6 Å². The fraction of sp³-hybridized carbons (Fsp3) is 0.525. The summed E-state index contributed by atoms with van der Waals surface area (Å²) >= 11 is 0. The summed E-state index contributed by atoms with van der Waals surface area (Å²) in [5.41, 5.74) is -0.0247. The maximum atomic E-state index is 13.8. The first-order chi connectivity index (χ1) is 28.9. The van der Waals surface area contributed by atoms with Gasteiger partial charge in [-0.05, 0) is 92.5 Å². The number of alkyl halides is 9. The van der Waals surface area contributed by atoms with E-state index in [-0.39, 0.29) is 60.0 Å². The number of halogens is 9. The minimum absolute atomic E-state index is 0.00268. The lowest BCUT2D eigenvalue weighted by molar-refractivity contribution is -0.143. The summed E-state index contributed by atoms with van der Waals surface area (Å²) in [6.07, 6.45) is -13.1. The van der Waals surface area contributed by atoms with Crippen molar-refractivity contribution in [3.63, 3.8) is 0 Å². The summed E-state index contributed by atoms with van der Waals surface area (Å²) in [5.74, 6) is -2.79. The van der Waals surface area contributed by atoms with E-state index in [1.54, 1.807) is 6.92 Å². The molecule has 13 nitrogen and oxygen atoms in total. The molecule has 22 heteroatoms.